The third-order valence-corrected chi connectivity index (χ3v) is 5.59. The molecule has 1 rings (SSSR count). The van der Waals surface area contributed by atoms with Crippen LogP contribution in [0, 0.1) is 0 Å². The van der Waals surface area contributed by atoms with Crippen molar-refractivity contribution in [3.05, 3.63) is 52.2 Å². The monoisotopic (exact) mass is 344 g/mol. The van der Waals surface area contributed by atoms with Crippen LogP contribution in [0.2, 0.25) is 0 Å². The average molecular weight is 342 g/mol. The molecule has 0 bridgehead atoms. The van der Waals surface area contributed by atoms with Crippen LogP contribution in [0.1, 0.15) is 39.5 Å². The molecule has 0 aliphatic heterocycles. The second kappa shape index (κ2) is 9.51. The standard InChI is InChI=1S/C16H22Te/c1-3-5-8-12-15(11-6-4-2)17-16-13-9-7-10-14-16/h5,7-10,12-14H,3-4,6,11H2,1-2H3/b8-5+,15-12+. The molecule has 0 nitrogen and oxygen atoms in total. The van der Waals surface area contributed by atoms with Gasteiger partial charge in [-0.25, -0.2) is 0 Å². The maximum absolute atomic E-state index is 2.36. The first-order valence-corrected chi connectivity index (χ1v) is 8.78. The van der Waals surface area contributed by atoms with Crippen molar-refractivity contribution in [2.75, 3.05) is 0 Å². The van der Waals surface area contributed by atoms with E-state index in [2.05, 4.69) is 62.4 Å². The predicted octanol–water partition coefficient (Wildman–Crippen LogP) is 4.06. The molecule has 92 valence electrons. The molecule has 0 aromatic heterocycles. The fourth-order valence-electron chi connectivity index (χ4n) is 1.47. The molecule has 0 spiro atoms. The first kappa shape index (κ1) is 14.6. The second-order valence-electron chi connectivity index (χ2n) is 3.99. The van der Waals surface area contributed by atoms with Crippen molar-refractivity contribution >= 4 is 24.5 Å². The van der Waals surface area contributed by atoms with Crippen molar-refractivity contribution in [2.24, 2.45) is 0 Å². The summed E-state index contributed by atoms with van der Waals surface area (Å²) in [4.78, 5) is 0. The van der Waals surface area contributed by atoms with Crippen molar-refractivity contribution in [3.63, 3.8) is 0 Å². The van der Waals surface area contributed by atoms with Gasteiger partial charge in [0.2, 0.25) is 0 Å². The number of hydrogen-bond acceptors (Lipinski definition) is 0. The van der Waals surface area contributed by atoms with Gasteiger partial charge < -0.3 is 0 Å². The molecule has 0 heterocycles. The van der Waals surface area contributed by atoms with E-state index in [1.54, 1.807) is 7.23 Å². The molecule has 0 aliphatic carbocycles. The summed E-state index contributed by atoms with van der Waals surface area (Å²) in [5.74, 6) is 0. The minimum atomic E-state index is -0.151. The van der Waals surface area contributed by atoms with Crippen LogP contribution >= 0.6 is 0 Å². The van der Waals surface area contributed by atoms with Gasteiger partial charge in [-0.1, -0.05) is 0 Å². The fraction of sp³-hybridized carbons (Fsp3) is 0.375. The van der Waals surface area contributed by atoms with E-state index >= 15 is 0 Å². The van der Waals surface area contributed by atoms with Crippen LogP contribution in [0.25, 0.3) is 0 Å². The zero-order valence-corrected chi connectivity index (χ0v) is 13.2. The Labute approximate surface area is 116 Å². The van der Waals surface area contributed by atoms with Crippen molar-refractivity contribution in [1.82, 2.24) is 0 Å². The summed E-state index contributed by atoms with van der Waals surface area (Å²) in [6.45, 7) is 4.45. The molecule has 0 N–H and O–H groups in total. The van der Waals surface area contributed by atoms with Gasteiger partial charge in [0.25, 0.3) is 0 Å². The first-order valence-electron chi connectivity index (χ1n) is 6.45. The maximum atomic E-state index is 2.36. The molecule has 0 amide bonds. The van der Waals surface area contributed by atoms with Crippen molar-refractivity contribution < 1.29 is 0 Å². The molecule has 0 fully saturated rings. The topological polar surface area (TPSA) is 0 Å². The Morgan fingerprint density at radius 1 is 1.18 bits per heavy atom. The van der Waals surface area contributed by atoms with Gasteiger partial charge in [0, 0.05) is 0 Å². The molecular formula is C16H22Te. The SMILES string of the molecule is CC/C=C/C=C(\CCCC)[Te]c1ccccc1. The Morgan fingerprint density at radius 2 is 1.94 bits per heavy atom. The van der Waals surface area contributed by atoms with E-state index in [4.69, 9.17) is 0 Å². The molecule has 1 heteroatoms. The predicted molar refractivity (Wildman–Crippen MR) is 78.9 cm³/mol. The van der Waals surface area contributed by atoms with Crippen LogP contribution < -0.4 is 3.61 Å². The molecule has 0 atom stereocenters. The quantitative estimate of drug-likeness (QED) is 0.518. The molecule has 0 saturated heterocycles. The summed E-state index contributed by atoms with van der Waals surface area (Å²) in [5, 5.41) is 0. The normalized spacial score (nSPS) is 12.2. The summed E-state index contributed by atoms with van der Waals surface area (Å²) in [6.07, 6.45) is 11.8. The molecule has 1 aromatic carbocycles. The molecule has 0 saturated carbocycles. The van der Waals surface area contributed by atoms with Gasteiger partial charge in [-0.15, -0.1) is 0 Å². The second-order valence-corrected chi connectivity index (χ2v) is 7.41. The molecule has 0 aliphatic rings. The Kier molecular flexibility index (Phi) is 8.14. The van der Waals surface area contributed by atoms with Gasteiger partial charge in [-0.3, -0.25) is 0 Å². The van der Waals surface area contributed by atoms with Crippen LogP contribution in [0.3, 0.4) is 0 Å². The number of benzene rings is 1. The van der Waals surface area contributed by atoms with E-state index in [9.17, 15) is 0 Å². The molecule has 17 heavy (non-hydrogen) atoms. The van der Waals surface area contributed by atoms with Gasteiger partial charge in [0.15, 0.2) is 0 Å². The summed E-state index contributed by atoms with van der Waals surface area (Å²) < 4.78 is 3.22. The van der Waals surface area contributed by atoms with Crippen LogP contribution in [0.5, 0.6) is 0 Å². The van der Waals surface area contributed by atoms with Gasteiger partial charge in [-0.2, -0.15) is 0 Å². The first-order chi connectivity index (χ1) is 8.36. The Bertz CT molecular complexity index is 349. The number of rotatable bonds is 7. The zero-order chi connectivity index (χ0) is 12.3. The molecule has 0 unspecified atom stereocenters. The van der Waals surface area contributed by atoms with Gasteiger partial charge in [0.05, 0.1) is 0 Å². The van der Waals surface area contributed by atoms with E-state index in [0.29, 0.717) is 0 Å². The number of hydrogen-bond donors (Lipinski definition) is 0. The minimum absolute atomic E-state index is 0.151. The third-order valence-electron chi connectivity index (χ3n) is 2.42. The van der Waals surface area contributed by atoms with E-state index in [1.165, 1.54) is 19.3 Å². The van der Waals surface area contributed by atoms with Gasteiger partial charge >= 0.3 is 116 Å². The summed E-state index contributed by atoms with van der Waals surface area (Å²) in [7, 11) is 0. The van der Waals surface area contributed by atoms with E-state index in [0.717, 1.165) is 6.42 Å². The zero-order valence-electron chi connectivity index (χ0n) is 10.9. The molecule has 0 radical (unpaired) electrons. The summed E-state index contributed by atoms with van der Waals surface area (Å²) >= 11 is -0.151. The number of unbranched alkanes of at least 4 members (excludes halogenated alkanes) is 1. The van der Waals surface area contributed by atoms with E-state index < -0.39 is 0 Å². The van der Waals surface area contributed by atoms with Crippen molar-refractivity contribution in [3.8, 4) is 0 Å². The Hall–Kier alpha value is -0.510. The Morgan fingerprint density at radius 3 is 2.59 bits per heavy atom. The summed E-state index contributed by atoms with van der Waals surface area (Å²) in [5.41, 5.74) is 0. The molecular weight excluding hydrogens is 320 g/mol. The van der Waals surface area contributed by atoms with Crippen molar-refractivity contribution in [1.29, 1.82) is 0 Å². The summed E-state index contributed by atoms with van der Waals surface area (Å²) in [6, 6.07) is 10.9. The fourth-order valence-corrected chi connectivity index (χ4v) is 4.29. The van der Waals surface area contributed by atoms with Crippen LogP contribution in [0.4, 0.5) is 0 Å². The Balaban J connectivity index is 2.63. The molecule has 1 aromatic rings. The van der Waals surface area contributed by atoms with E-state index in [1.807, 2.05) is 0 Å². The van der Waals surface area contributed by atoms with E-state index in [-0.39, 0.29) is 20.9 Å². The third kappa shape index (κ3) is 6.71. The van der Waals surface area contributed by atoms with Gasteiger partial charge in [0.1, 0.15) is 0 Å². The van der Waals surface area contributed by atoms with Crippen molar-refractivity contribution in [2.45, 2.75) is 39.5 Å². The van der Waals surface area contributed by atoms with Gasteiger partial charge in [-0.05, 0) is 0 Å². The van der Waals surface area contributed by atoms with Crippen LogP contribution in [-0.2, 0) is 0 Å². The average Bonchev–Trinajstić information content (AvgIpc) is 2.37. The number of allylic oxidation sites excluding steroid dienone is 4. The van der Waals surface area contributed by atoms with Crippen LogP contribution in [0.15, 0.2) is 52.2 Å². The van der Waals surface area contributed by atoms with Crippen LogP contribution in [-0.4, -0.2) is 20.9 Å².